The second kappa shape index (κ2) is 7.76. The van der Waals surface area contributed by atoms with Gasteiger partial charge in [-0.05, 0) is 37.6 Å². The zero-order valence-corrected chi connectivity index (χ0v) is 14.7. The minimum Gasteiger partial charge on any atom is -0.392 e. The first-order chi connectivity index (χ1) is 12.1. The topological polar surface area (TPSA) is 82.7 Å². The van der Waals surface area contributed by atoms with Crippen LogP contribution in [0.5, 0.6) is 0 Å². The van der Waals surface area contributed by atoms with Crippen molar-refractivity contribution in [1.82, 2.24) is 19.9 Å². The Balaban J connectivity index is 1.58. The number of aromatic nitrogens is 2. The van der Waals surface area contributed by atoms with Gasteiger partial charge >= 0.3 is 0 Å². The van der Waals surface area contributed by atoms with Crippen LogP contribution >= 0.6 is 0 Å². The van der Waals surface area contributed by atoms with Crippen LogP contribution in [0.2, 0.25) is 0 Å². The number of hydrogen-bond donors (Lipinski definition) is 1. The highest BCUT2D eigenvalue weighted by molar-refractivity contribution is 5.94. The molecule has 7 heteroatoms. The van der Waals surface area contributed by atoms with Crippen LogP contribution in [0.15, 0.2) is 28.8 Å². The van der Waals surface area contributed by atoms with Crippen LogP contribution in [0.25, 0.3) is 11.5 Å². The second-order valence-corrected chi connectivity index (χ2v) is 6.38. The zero-order valence-electron chi connectivity index (χ0n) is 14.7. The molecule has 1 N–H and O–H groups in total. The summed E-state index contributed by atoms with van der Waals surface area (Å²) in [7, 11) is 0. The number of rotatable bonds is 5. The third kappa shape index (κ3) is 4.24. The van der Waals surface area contributed by atoms with E-state index in [2.05, 4.69) is 15.0 Å². The molecule has 1 fully saturated rings. The van der Waals surface area contributed by atoms with Gasteiger partial charge in [-0.15, -0.1) is 0 Å². The number of aliphatic hydroxyl groups is 1. The summed E-state index contributed by atoms with van der Waals surface area (Å²) in [5, 5.41) is 13.5. The van der Waals surface area contributed by atoms with Gasteiger partial charge in [0.1, 0.15) is 0 Å². The van der Waals surface area contributed by atoms with Crippen molar-refractivity contribution in [3.05, 3.63) is 35.7 Å². The van der Waals surface area contributed by atoms with E-state index in [0.717, 1.165) is 25.1 Å². The molecule has 1 aromatic carbocycles. The molecule has 1 aliphatic rings. The van der Waals surface area contributed by atoms with Crippen LogP contribution in [0, 0.1) is 6.92 Å². The minimum atomic E-state index is -0.289. The van der Waals surface area contributed by atoms with Gasteiger partial charge in [0.15, 0.2) is 5.82 Å². The third-order valence-electron chi connectivity index (χ3n) is 4.51. The highest BCUT2D eigenvalue weighted by Gasteiger charge is 2.23. The Bertz CT molecular complexity index is 705. The lowest BCUT2D eigenvalue weighted by Crippen LogP contribution is -2.50. The molecule has 1 saturated heterocycles. The number of aliphatic hydroxyl groups excluding tert-OH is 1. The molecule has 1 amide bonds. The molecule has 25 heavy (non-hydrogen) atoms. The molecule has 0 saturated carbocycles. The van der Waals surface area contributed by atoms with E-state index in [0.29, 0.717) is 36.9 Å². The summed E-state index contributed by atoms with van der Waals surface area (Å²) in [6.45, 7) is 7.37. The van der Waals surface area contributed by atoms with E-state index in [4.69, 9.17) is 4.52 Å². The Labute approximate surface area is 147 Å². The van der Waals surface area contributed by atoms with Gasteiger partial charge < -0.3 is 14.5 Å². The molecule has 0 aliphatic carbocycles. The van der Waals surface area contributed by atoms with E-state index in [9.17, 15) is 9.90 Å². The lowest BCUT2D eigenvalue weighted by molar-refractivity contribution is 0.0524. The number of piperazine rings is 1. The molecule has 0 radical (unpaired) electrons. The lowest BCUT2D eigenvalue weighted by atomic mass is 10.1. The maximum atomic E-state index is 12.6. The van der Waals surface area contributed by atoms with Crippen LogP contribution in [0.1, 0.15) is 29.5 Å². The number of aryl methyl sites for hydroxylation is 1. The fourth-order valence-corrected chi connectivity index (χ4v) is 2.91. The van der Waals surface area contributed by atoms with Crippen molar-refractivity contribution in [2.24, 2.45) is 0 Å². The van der Waals surface area contributed by atoms with Gasteiger partial charge in [-0.3, -0.25) is 9.69 Å². The molecule has 1 aliphatic heterocycles. The number of benzene rings is 1. The van der Waals surface area contributed by atoms with Crippen molar-refractivity contribution in [2.75, 3.05) is 32.7 Å². The predicted molar refractivity (Wildman–Crippen MR) is 93.1 cm³/mol. The van der Waals surface area contributed by atoms with Crippen molar-refractivity contribution in [3.63, 3.8) is 0 Å². The van der Waals surface area contributed by atoms with Crippen molar-refractivity contribution in [3.8, 4) is 11.5 Å². The largest absolute Gasteiger partial charge is 0.392 e. The summed E-state index contributed by atoms with van der Waals surface area (Å²) < 4.78 is 5.14. The molecule has 2 heterocycles. The monoisotopic (exact) mass is 344 g/mol. The Morgan fingerprint density at radius 1 is 1.24 bits per heavy atom. The Hall–Kier alpha value is -2.25. The smallest absolute Gasteiger partial charge is 0.257 e. The van der Waals surface area contributed by atoms with Gasteiger partial charge in [0.25, 0.3) is 11.8 Å². The van der Waals surface area contributed by atoms with Crippen LogP contribution in [-0.2, 0) is 0 Å². The van der Waals surface area contributed by atoms with E-state index >= 15 is 0 Å². The highest BCUT2D eigenvalue weighted by atomic mass is 16.5. The number of amides is 1. The van der Waals surface area contributed by atoms with Gasteiger partial charge in [-0.1, -0.05) is 12.1 Å². The third-order valence-corrected chi connectivity index (χ3v) is 4.51. The van der Waals surface area contributed by atoms with Gasteiger partial charge in [0.2, 0.25) is 0 Å². The fourth-order valence-electron chi connectivity index (χ4n) is 2.91. The molecule has 1 atom stereocenters. The Morgan fingerprint density at radius 3 is 2.48 bits per heavy atom. The van der Waals surface area contributed by atoms with Crippen molar-refractivity contribution < 1.29 is 14.4 Å². The molecule has 0 bridgehead atoms. The molecule has 1 unspecified atom stereocenters. The number of β-amino-alcohol motifs (C(OH)–C–C–N with tert-alkyl or cyclic N) is 1. The van der Waals surface area contributed by atoms with E-state index in [1.165, 1.54) is 0 Å². The maximum absolute atomic E-state index is 12.6. The van der Waals surface area contributed by atoms with Gasteiger partial charge in [0, 0.05) is 43.9 Å². The van der Waals surface area contributed by atoms with Crippen LogP contribution in [0.3, 0.4) is 0 Å². The second-order valence-electron chi connectivity index (χ2n) is 6.38. The molecule has 0 spiro atoms. The van der Waals surface area contributed by atoms with E-state index in [1.807, 2.05) is 24.0 Å². The first kappa shape index (κ1) is 17.6. The lowest BCUT2D eigenvalue weighted by Gasteiger charge is -2.35. The van der Waals surface area contributed by atoms with Gasteiger partial charge in [0.05, 0.1) is 6.10 Å². The Kier molecular flexibility index (Phi) is 5.45. The maximum Gasteiger partial charge on any atom is 0.257 e. The quantitative estimate of drug-likeness (QED) is 0.887. The molecule has 1 aromatic heterocycles. The van der Waals surface area contributed by atoms with Crippen LogP contribution < -0.4 is 0 Å². The highest BCUT2D eigenvalue weighted by Crippen LogP contribution is 2.18. The fraction of sp³-hybridized carbons (Fsp3) is 0.500. The van der Waals surface area contributed by atoms with Crippen LogP contribution in [0.4, 0.5) is 0 Å². The summed E-state index contributed by atoms with van der Waals surface area (Å²) in [6.07, 6.45) is 0.466. The number of carbonyl (C=O) groups is 1. The summed E-state index contributed by atoms with van der Waals surface area (Å²) in [5.41, 5.74) is 1.46. The van der Waals surface area contributed by atoms with Crippen molar-refractivity contribution in [1.29, 1.82) is 0 Å². The molecular formula is C18H24N4O3. The van der Waals surface area contributed by atoms with E-state index in [-0.39, 0.29) is 12.0 Å². The average Bonchev–Trinajstić information content (AvgIpc) is 3.08. The first-order valence-electron chi connectivity index (χ1n) is 8.67. The normalized spacial score (nSPS) is 16.8. The van der Waals surface area contributed by atoms with Crippen molar-refractivity contribution >= 4 is 5.91 Å². The SMILES string of the molecule is CCC(O)CN1CCN(C(=O)c2ccc(-c3nc(C)no3)cc2)CC1. The zero-order chi connectivity index (χ0) is 17.8. The number of hydrogen-bond acceptors (Lipinski definition) is 6. The summed E-state index contributed by atoms with van der Waals surface area (Å²) in [4.78, 5) is 20.9. The van der Waals surface area contributed by atoms with Crippen LogP contribution in [-0.4, -0.2) is 69.8 Å². The average molecular weight is 344 g/mol. The molecule has 134 valence electrons. The standard InChI is InChI=1S/C18H24N4O3/c1-3-16(23)12-21-8-10-22(11-9-21)18(24)15-6-4-14(5-7-15)17-19-13(2)20-25-17/h4-7,16,23H,3,8-12H2,1-2H3. The predicted octanol–water partition coefficient (Wildman–Crippen LogP) is 1.57. The van der Waals surface area contributed by atoms with Gasteiger partial charge in [-0.25, -0.2) is 0 Å². The number of carbonyl (C=O) groups excluding carboxylic acids is 1. The Morgan fingerprint density at radius 2 is 1.92 bits per heavy atom. The summed E-state index contributed by atoms with van der Waals surface area (Å²) in [6, 6.07) is 7.25. The van der Waals surface area contributed by atoms with Gasteiger partial charge in [-0.2, -0.15) is 4.98 Å². The summed E-state index contributed by atoms with van der Waals surface area (Å²) >= 11 is 0. The van der Waals surface area contributed by atoms with E-state index in [1.54, 1.807) is 19.1 Å². The summed E-state index contributed by atoms with van der Waals surface area (Å²) in [5.74, 6) is 1.07. The minimum absolute atomic E-state index is 0.0314. The van der Waals surface area contributed by atoms with Crippen molar-refractivity contribution in [2.45, 2.75) is 26.4 Å². The molecule has 2 aromatic rings. The first-order valence-corrected chi connectivity index (χ1v) is 8.67. The van der Waals surface area contributed by atoms with E-state index < -0.39 is 0 Å². The number of nitrogens with zero attached hydrogens (tertiary/aromatic N) is 4. The molecule has 7 nitrogen and oxygen atoms in total. The molecular weight excluding hydrogens is 320 g/mol. The molecule has 3 rings (SSSR count).